The largest absolute Gasteiger partial charge is 0.450 e. The highest BCUT2D eigenvalue weighted by Crippen LogP contribution is 2.38. The maximum atomic E-state index is 6.21. The van der Waals surface area contributed by atoms with Gasteiger partial charge in [0.15, 0.2) is 17.2 Å². The molecule has 1 aliphatic rings. The SMILES string of the molecule is c1ccc(-c2cc3c(N4CCN(c5ncnc6c5oc5ccccc56)CC4)nc(-c4ccccn4)nc3s2)cc1. The molecule has 5 aromatic heterocycles. The molecule has 0 spiro atoms. The van der Waals surface area contributed by atoms with E-state index in [4.69, 9.17) is 14.4 Å². The first-order valence-corrected chi connectivity index (χ1v) is 14.0. The summed E-state index contributed by atoms with van der Waals surface area (Å²) in [4.78, 5) is 30.5. The van der Waals surface area contributed by atoms with Gasteiger partial charge in [0.05, 0.1) is 5.39 Å². The first kappa shape index (κ1) is 23.0. The molecule has 0 unspecified atom stereocenters. The number of aromatic nitrogens is 5. The zero-order valence-electron chi connectivity index (χ0n) is 21.4. The first-order chi connectivity index (χ1) is 19.8. The number of para-hydroxylation sites is 1. The van der Waals surface area contributed by atoms with Crippen LogP contribution in [0.3, 0.4) is 0 Å². The van der Waals surface area contributed by atoms with Gasteiger partial charge >= 0.3 is 0 Å². The van der Waals surface area contributed by atoms with Crippen molar-refractivity contribution in [2.45, 2.75) is 0 Å². The third-order valence-corrected chi connectivity index (χ3v) is 8.42. The lowest BCUT2D eigenvalue weighted by Gasteiger charge is -2.36. The van der Waals surface area contributed by atoms with E-state index in [1.807, 2.05) is 48.5 Å². The van der Waals surface area contributed by atoms with E-state index in [-0.39, 0.29) is 0 Å². The lowest BCUT2D eigenvalue weighted by Crippen LogP contribution is -2.47. The third-order valence-electron chi connectivity index (χ3n) is 7.34. The molecule has 1 saturated heterocycles. The first-order valence-electron chi connectivity index (χ1n) is 13.2. The monoisotopic (exact) mass is 541 g/mol. The van der Waals surface area contributed by atoms with Crippen LogP contribution in [-0.2, 0) is 0 Å². The summed E-state index contributed by atoms with van der Waals surface area (Å²) >= 11 is 1.69. The Balaban J connectivity index is 1.16. The molecule has 1 fully saturated rings. The Labute approximate surface area is 233 Å². The van der Waals surface area contributed by atoms with E-state index in [0.717, 1.165) is 75.8 Å². The van der Waals surface area contributed by atoms with Crippen molar-refractivity contribution in [2.75, 3.05) is 36.0 Å². The zero-order valence-corrected chi connectivity index (χ0v) is 22.3. The summed E-state index contributed by atoms with van der Waals surface area (Å²) in [6, 6.07) is 26.5. The predicted molar refractivity (Wildman–Crippen MR) is 160 cm³/mol. The average molecular weight is 542 g/mol. The van der Waals surface area contributed by atoms with Crippen LogP contribution in [0.25, 0.3) is 54.2 Å². The molecular weight excluding hydrogens is 518 g/mol. The van der Waals surface area contributed by atoms with Gasteiger partial charge in [-0.25, -0.2) is 19.9 Å². The number of hydrogen-bond acceptors (Lipinski definition) is 9. The standard InChI is InChI=1S/C31H23N7OS/c1-2-8-20(9-3-1)25-18-22-29(35-28(36-31(22)40-25)23-11-6-7-13-32-23)37-14-16-38(17-15-37)30-27-26(33-19-34-30)21-10-4-5-12-24(21)39-27/h1-13,18-19H,14-17H2. The van der Waals surface area contributed by atoms with Crippen LogP contribution in [0.5, 0.6) is 0 Å². The van der Waals surface area contributed by atoms with E-state index in [9.17, 15) is 0 Å². The highest BCUT2D eigenvalue weighted by atomic mass is 32.1. The summed E-state index contributed by atoms with van der Waals surface area (Å²) in [6.07, 6.45) is 3.42. The number of anilines is 2. The van der Waals surface area contributed by atoms with Gasteiger partial charge < -0.3 is 14.2 Å². The molecule has 0 aliphatic carbocycles. The summed E-state index contributed by atoms with van der Waals surface area (Å²) < 4.78 is 6.21. The minimum Gasteiger partial charge on any atom is -0.450 e. The summed E-state index contributed by atoms with van der Waals surface area (Å²) in [5, 5.41) is 2.08. The van der Waals surface area contributed by atoms with Crippen LogP contribution in [0.2, 0.25) is 0 Å². The van der Waals surface area contributed by atoms with Crippen molar-refractivity contribution in [1.82, 2.24) is 24.9 Å². The van der Waals surface area contributed by atoms with Crippen LogP contribution in [0.1, 0.15) is 0 Å². The molecule has 0 amide bonds. The van der Waals surface area contributed by atoms with Crippen LogP contribution >= 0.6 is 11.3 Å². The fourth-order valence-corrected chi connectivity index (χ4v) is 6.40. The number of fused-ring (bicyclic) bond motifs is 4. The van der Waals surface area contributed by atoms with E-state index in [2.05, 4.69) is 55.1 Å². The van der Waals surface area contributed by atoms with Gasteiger partial charge in [-0.2, -0.15) is 0 Å². The van der Waals surface area contributed by atoms with Gasteiger partial charge in [0, 0.05) is 42.6 Å². The fraction of sp³-hybridized carbons (Fsp3) is 0.129. The van der Waals surface area contributed by atoms with Crippen molar-refractivity contribution in [2.24, 2.45) is 0 Å². The molecule has 8 rings (SSSR count). The van der Waals surface area contributed by atoms with Gasteiger partial charge in [-0.05, 0) is 35.9 Å². The van der Waals surface area contributed by atoms with Crippen LogP contribution in [0, 0.1) is 0 Å². The molecule has 194 valence electrons. The van der Waals surface area contributed by atoms with E-state index in [1.165, 1.54) is 10.4 Å². The number of thiophene rings is 1. The van der Waals surface area contributed by atoms with Crippen LogP contribution in [-0.4, -0.2) is 51.1 Å². The van der Waals surface area contributed by atoms with Gasteiger partial charge in [-0.1, -0.05) is 48.5 Å². The van der Waals surface area contributed by atoms with E-state index in [1.54, 1.807) is 23.9 Å². The average Bonchev–Trinajstić information content (AvgIpc) is 3.64. The number of nitrogens with zero attached hydrogens (tertiary/aromatic N) is 7. The summed E-state index contributed by atoms with van der Waals surface area (Å²) in [5.74, 6) is 2.43. The molecule has 40 heavy (non-hydrogen) atoms. The molecule has 8 nitrogen and oxygen atoms in total. The van der Waals surface area contributed by atoms with Crippen molar-refractivity contribution in [3.8, 4) is 22.0 Å². The van der Waals surface area contributed by atoms with E-state index >= 15 is 0 Å². The van der Waals surface area contributed by atoms with Gasteiger partial charge in [-0.3, -0.25) is 4.98 Å². The lowest BCUT2D eigenvalue weighted by molar-refractivity contribution is 0.627. The lowest BCUT2D eigenvalue weighted by atomic mass is 10.1. The van der Waals surface area contributed by atoms with Gasteiger partial charge in [-0.15, -0.1) is 11.3 Å². The second kappa shape index (κ2) is 9.39. The number of pyridine rings is 1. The van der Waals surface area contributed by atoms with Crippen molar-refractivity contribution in [3.05, 3.63) is 91.4 Å². The summed E-state index contributed by atoms with van der Waals surface area (Å²) in [6.45, 7) is 3.14. The smallest absolute Gasteiger partial charge is 0.196 e. The van der Waals surface area contributed by atoms with Crippen LogP contribution in [0.4, 0.5) is 11.6 Å². The molecule has 0 radical (unpaired) electrons. The normalized spacial score (nSPS) is 14.0. The Hall–Kier alpha value is -4.89. The number of piperazine rings is 1. The fourth-order valence-electron chi connectivity index (χ4n) is 5.37. The molecule has 0 N–H and O–H groups in total. The second-order valence-corrected chi connectivity index (χ2v) is 10.8. The topological polar surface area (TPSA) is 84.1 Å². The Morgan fingerprint density at radius 3 is 2.30 bits per heavy atom. The highest BCUT2D eigenvalue weighted by molar-refractivity contribution is 7.22. The van der Waals surface area contributed by atoms with E-state index in [0.29, 0.717) is 5.82 Å². The van der Waals surface area contributed by atoms with Gasteiger partial charge in [0.1, 0.15) is 33.8 Å². The summed E-state index contributed by atoms with van der Waals surface area (Å²) in [7, 11) is 0. The Morgan fingerprint density at radius 2 is 1.48 bits per heavy atom. The molecule has 9 heteroatoms. The van der Waals surface area contributed by atoms with Gasteiger partial charge in [0.2, 0.25) is 0 Å². The molecule has 1 aliphatic heterocycles. The molecular formula is C31H23N7OS. The van der Waals surface area contributed by atoms with Crippen molar-refractivity contribution in [3.63, 3.8) is 0 Å². The second-order valence-electron chi connectivity index (χ2n) is 9.73. The van der Waals surface area contributed by atoms with Crippen LogP contribution in [0.15, 0.2) is 95.8 Å². The maximum Gasteiger partial charge on any atom is 0.196 e. The molecule has 2 aromatic carbocycles. The molecule has 0 saturated carbocycles. The Morgan fingerprint density at radius 1 is 0.700 bits per heavy atom. The third kappa shape index (κ3) is 3.85. The number of rotatable bonds is 4. The van der Waals surface area contributed by atoms with Crippen molar-refractivity contribution < 1.29 is 4.42 Å². The molecule has 0 bridgehead atoms. The summed E-state index contributed by atoms with van der Waals surface area (Å²) in [5.41, 5.74) is 4.37. The minimum absolute atomic E-state index is 0.645. The minimum atomic E-state index is 0.645. The molecule has 6 heterocycles. The maximum absolute atomic E-state index is 6.21. The Kier molecular flexibility index (Phi) is 5.41. The van der Waals surface area contributed by atoms with Gasteiger partial charge in [0.25, 0.3) is 0 Å². The zero-order chi connectivity index (χ0) is 26.5. The predicted octanol–water partition coefficient (Wildman–Crippen LogP) is 6.44. The van der Waals surface area contributed by atoms with Crippen LogP contribution < -0.4 is 9.80 Å². The molecule has 0 atom stereocenters. The number of hydrogen-bond donors (Lipinski definition) is 0. The number of furan rings is 1. The van der Waals surface area contributed by atoms with E-state index < -0.39 is 0 Å². The highest BCUT2D eigenvalue weighted by Gasteiger charge is 2.26. The number of benzene rings is 2. The Bertz CT molecular complexity index is 1980. The van der Waals surface area contributed by atoms with Crippen molar-refractivity contribution >= 4 is 55.3 Å². The quantitative estimate of drug-likeness (QED) is 0.252. The molecule has 7 aromatic rings. The van der Waals surface area contributed by atoms with Crippen molar-refractivity contribution in [1.29, 1.82) is 0 Å².